The summed E-state index contributed by atoms with van der Waals surface area (Å²) >= 11 is 1.56. The van der Waals surface area contributed by atoms with Gasteiger partial charge in [0, 0.05) is 19.6 Å². The van der Waals surface area contributed by atoms with E-state index in [1.807, 2.05) is 0 Å². The second-order valence-electron chi connectivity index (χ2n) is 4.71. The quantitative estimate of drug-likeness (QED) is 0.856. The van der Waals surface area contributed by atoms with Crippen LogP contribution in [0.4, 0.5) is 5.13 Å². The summed E-state index contributed by atoms with van der Waals surface area (Å²) in [5.41, 5.74) is 9.56. The van der Waals surface area contributed by atoms with E-state index in [-0.39, 0.29) is 6.61 Å². The highest BCUT2D eigenvalue weighted by atomic mass is 32.1. The molecule has 1 aliphatic heterocycles. The number of nitrogens with zero attached hydrogens (tertiary/aromatic N) is 2. The van der Waals surface area contributed by atoms with Crippen molar-refractivity contribution < 1.29 is 5.11 Å². The predicted molar refractivity (Wildman–Crippen MR) is 75.0 cm³/mol. The van der Waals surface area contributed by atoms with Crippen molar-refractivity contribution in [3.05, 3.63) is 23.3 Å². The number of fused-ring (bicyclic) bond motifs is 2. The molecule has 0 saturated carbocycles. The van der Waals surface area contributed by atoms with E-state index in [2.05, 4.69) is 22.0 Å². The molecule has 5 heteroatoms. The van der Waals surface area contributed by atoms with Crippen LogP contribution in [0.25, 0.3) is 10.2 Å². The van der Waals surface area contributed by atoms with Crippen molar-refractivity contribution >= 4 is 26.7 Å². The first kappa shape index (κ1) is 11.9. The van der Waals surface area contributed by atoms with Gasteiger partial charge < -0.3 is 15.7 Å². The van der Waals surface area contributed by atoms with Crippen LogP contribution < -0.4 is 5.73 Å². The van der Waals surface area contributed by atoms with Crippen molar-refractivity contribution in [2.45, 2.75) is 12.8 Å². The van der Waals surface area contributed by atoms with Gasteiger partial charge in [-0.3, -0.25) is 0 Å². The van der Waals surface area contributed by atoms with Gasteiger partial charge in [0.15, 0.2) is 5.13 Å². The van der Waals surface area contributed by atoms with Crippen molar-refractivity contribution in [3.8, 4) is 0 Å². The summed E-state index contributed by atoms with van der Waals surface area (Å²) in [6, 6.07) is 4.42. The van der Waals surface area contributed by atoms with E-state index < -0.39 is 0 Å². The molecule has 0 bridgehead atoms. The first-order chi connectivity index (χ1) is 8.76. The maximum Gasteiger partial charge on any atom is 0.181 e. The number of nitrogen functional groups attached to an aromatic ring is 1. The minimum absolute atomic E-state index is 0.240. The lowest BCUT2D eigenvalue weighted by molar-refractivity contribution is 0.201. The number of aromatic nitrogens is 1. The van der Waals surface area contributed by atoms with Crippen LogP contribution in [0, 0.1) is 0 Å². The van der Waals surface area contributed by atoms with Gasteiger partial charge in [-0.15, -0.1) is 0 Å². The Balaban J connectivity index is 1.92. The van der Waals surface area contributed by atoms with Crippen molar-refractivity contribution in [1.82, 2.24) is 9.88 Å². The molecule has 0 aliphatic carbocycles. The highest BCUT2D eigenvalue weighted by Crippen LogP contribution is 2.28. The third-order valence-corrected chi connectivity index (χ3v) is 4.38. The molecule has 0 atom stereocenters. The van der Waals surface area contributed by atoms with Gasteiger partial charge in [-0.2, -0.15) is 0 Å². The van der Waals surface area contributed by atoms with Crippen LogP contribution >= 0.6 is 11.3 Å². The molecular formula is C13H17N3OS. The van der Waals surface area contributed by atoms with Crippen molar-refractivity contribution in [1.29, 1.82) is 0 Å². The summed E-state index contributed by atoms with van der Waals surface area (Å²) < 4.78 is 1.18. The lowest BCUT2D eigenvalue weighted by Gasteiger charge is -2.17. The van der Waals surface area contributed by atoms with Gasteiger partial charge in [0.2, 0.25) is 0 Å². The van der Waals surface area contributed by atoms with Crippen LogP contribution in [-0.2, 0) is 12.8 Å². The standard InChI is InChI=1S/C13H17N3OS/c14-13-15-11-7-9-1-3-16(5-6-17)4-2-10(9)8-12(11)18-13/h7-8,17H,1-6H2,(H2,14,15). The van der Waals surface area contributed by atoms with E-state index >= 15 is 0 Å². The molecule has 96 valence electrons. The topological polar surface area (TPSA) is 62.4 Å². The van der Waals surface area contributed by atoms with Gasteiger partial charge in [-0.05, 0) is 36.1 Å². The molecule has 1 aliphatic rings. The Labute approximate surface area is 110 Å². The molecule has 0 amide bonds. The highest BCUT2D eigenvalue weighted by molar-refractivity contribution is 7.22. The van der Waals surface area contributed by atoms with Crippen LogP contribution in [0.15, 0.2) is 12.1 Å². The summed E-state index contributed by atoms with van der Waals surface area (Å²) in [7, 11) is 0. The van der Waals surface area contributed by atoms with Crippen molar-refractivity contribution in [2.24, 2.45) is 0 Å². The van der Waals surface area contributed by atoms with E-state index in [1.165, 1.54) is 15.8 Å². The molecule has 1 aromatic carbocycles. The maximum absolute atomic E-state index is 9.02. The van der Waals surface area contributed by atoms with Gasteiger partial charge in [-0.25, -0.2) is 4.98 Å². The molecule has 4 nitrogen and oxygen atoms in total. The van der Waals surface area contributed by atoms with Crippen molar-refractivity contribution in [2.75, 3.05) is 32.0 Å². The number of hydrogen-bond donors (Lipinski definition) is 2. The van der Waals surface area contributed by atoms with Crippen LogP contribution in [-0.4, -0.2) is 41.2 Å². The number of nitrogens with two attached hydrogens (primary N) is 1. The third kappa shape index (κ3) is 2.21. The first-order valence-corrected chi connectivity index (χ1v) is 7.09. The molecule has 18 heavy (non-hydrogen) atoms. The highest BCUT2D eigenvalue weighted by Gasteiger charge is 2.15. The fourth-order valence-electron chi connectivity index (χ4n) is 2.58. The number of aliphatic hydroxyl groups excluding tert-OH is 1. The average Bonchev–Trinajstić information content (AvgIpc) is 2.59. The van der Waals surface area contributed by atoms with Crippen molar-refractivity contribution in [3.63, 3.8) is 0 Å². The molecule has 0 fully saturated rings. The number of benzene rings is 1. The lowest BCUT2D eigenvalue weighted by Crippen LogP contribution is -2.29. The van der Waals surface area contributed by atoms with Gasteiger partial charge in [0.1, 0.15) is 0 Å². The zero-order valence-corrected chi connectivity index (χ0v) is 11.0. The van der Waals surface area contributed by atoms with E-state index in [4.69, 9.17) is 10.8 Å². The molecular weight excluding hydrogens is 246 g/mol. The Hall–Kier alpha value is -1.17. The second-order valence-corrected chi connectivity index (χ2v) is 5.77. The monoisotopic (exact) mass is 263 g/mol. The normalized spacial score (nSPS) is 16.7. The molecule has 2 heterocycles. The number of anilines is 1. The molecule has 1 aromatic heterocycles. The minimum atomic E-state index is 0.240. The summed E-state index contributed by atoms with van der Waals surface area (Å²) in [4.78, 5) is 6.67. The molecule has 0 radical (unpaired) electrons. The fourth-order valence-corrected chi connectivity index (χ4v) is 3.36. The van der Waals surface area contributed by atoms with Gasteiger partial charge in [0.05, 0.1) is 16.8 Å². The summed E-state index contributed by atoms with van der Waals surface area (Å²) in [6.07, 6.45) is 2.08. The Morgan fingerprint density at radius 1 is 1.28 bits per heavy atom. The molecule has 0 spiro atoms. The van der Waals surface area contributed by atoms with E-state index in [1.54, 1.807) is 11.3 Å². The average molecular weight is 263 g/mol. The van der Waals surface area contributed by atoms with E-state index in [9.17, 15) is 0 Å². The van der Waals surface area contributed by atoms with E-state index in [0.29, 0.717) is 5.13 Å². The van der Waals surface area contributed by atoms with Crippen LogP contribution in [0.1, 0.15) is 11.1 Å². The Kier molecular flexibility index (Phi) is 3.20. The van der Waals surface area contributed by atoms with Gasteiger partial charge >= 0.3 is 0 Å². The maximum atomic E-state index is 9.02. The molecule has 3 N–H and O–H groups in total. The van der Waals surface area contributed by atoms with Crippen LogP contribution in [0.2, 0.25) is 0 Å². The Morgan fingerprint density at radius 3 is 2.72 bits per heavy atom. The number of rotatable bonds is 2. The molecule has 2 aromatic rings. The predicted octanol–water partition coefficient (Wildman–Crippen LogP) is 1.27. The van der Waals surface area contributed by atoms with Gasteiger partial charge in [0.25, 0.3) is 0 Å². The Bertz CT molecular complexity index is 522. The summed E-state index contributed by atoms with van der Waals surface area (Å²) in [5.74, 6) is 0. The largest absolute Gasteiger partial charge is 0.395 e. The zero-order valence-electron chi connectivity index (χ0n) is 10.2. The number of aliphatic hydroxyl groups is 1. The Morgan fingerprint density at radius 2 is 2.00 bits per heavy atom. The number of hydrogen-bond acceptors (Lipinski definition) is 5. The summed E-state index contributed by atoms with van der Waals surface area (Å²) in [5, 5.41) is 9.66. The number of β-amino-alcohol motifs (C(OH)–C–C–N with tert-alkyl or cyclic N) is 1. The van der Waals surface area contributed by atoms with Crippen LogP contribution in [0.3, 0.4) is 0 Å². The lowest BCUT2D eigenvalue weighted by atomic mass is 10.0. The van der Waals surface area contributed by atoms with Crippen LogP contribution in [0.5, 0.6) is 0 Å². The summed E-state index contributed by atoms with van der Waals surface area (Å²) in [6.45, 7) is 3.04. The smallest absolute Gasteiger partial charge is 0.181 e. The molecule has 3 rings (SSSR count). The molecule has 0 unspecified atom stereocenters. The minimum Gasteiger partial charge on any atom is -0.395 e. The first-order valence-electron chi connectivity index (χ1n) is 6.27. The molecule has 0 saturated heterocycles. The fraction of sp³-hybridized carbons (Fsp3) is 0.462. The third-order valence-electron chi connectivity index (χ3n) is 3.54. The van der Waals surface area contributed by atoms with Gasteiger partial charge in [-0.1, -0.05) is 11.3 Å². The second kappa shape index (κ2) is 4.84. The zero-order chi connectivity index (χ0) is 12.5. The SMILES string of the molecule is Nc1nc2cc3c(cc2s1)CCN(CCO)CC3. The van der Waals surface area contributed by atoms with E-state index in [0.717, 1.165) is 38.0 Å². The number of thiazole rings is 1.